The molecule has 0 heterocycles. The van der Waals surface area contributed by atoms with Gasteiger partial charge in [-0.2, -0.15) is 0 Å². The number of hydrogen-bond acceptors (Lipinski definition) is 1. The van der Waals surface area contributed by atoms with E-state index in [0.717, 1.165) is 36.1 Å². The van der Waals surface area contributed by atoms with Gasteiger partial charge in [-0.05, 0) is 38.3 Å². The largest absolute Gasteiger partial charge is 0.326 e. The Hall–Kier alpha value is -1.31. The molecule has 0 spiro atoms. The predicted molar refractivity (Wildman–Crippen MR) is 73.4 cm³/mol. The summed E-state index contributed by atoms with van der Waals surface area (Å²) in [5.74, 6) is 0.133. The molecule has 0 aliphatic carbocycles. The van der Waals surface area contributed by atoms with Crippen LogP contribution in [0.1, 0.15) is 49.3 Å². The summed E-state index contributed by atoms with van der Waals surface area (Å²) in [4.78, 5) is 11.8. The van der Waals surface area contributed by atoms with Crippen LogP contribution in [0.5, 0.6) is 0 Å². The van der Waals surface area contributed by atoms with Crippen LogP contribution in [0.4, 0.5) is 5.69 Å². The molecule has 94 valence electrons. The summed E-state index contributed by atoms with van der Waals surface area (Å²) in [6.45, 7) is 8.31. The topological polar surface area (TPSA) is 29.1 Å². The Balaban J connectivity index is 2.65. The Morgan fingerprint density at radius 1 is 1.12 bits per heavy atom. The van der Waals surface area contributed by atoms with Crippen LogP contribution in [0.2, 0.25) is 0 Å². The lowest BCUT2D eigenvalue weighted by Crippen LogP contribution is -2.13. The molecule has 1 aromatic carbocycles. The molecule has 0 aliphatic rings. The van der Waals surface area contributed by atoms with E-state index in [1.807, 2.05) is 13.8 Å². The highest BCUT2D eigenvalue weighted by Crippen LogP contribution is 2.22. The molecule has 1 N–H and O–H groups in total. The standard InChI is InChI=1S/C15H23NO/c1-5-6-7-8-14(17)16-15-12(3)9-11(2)10-13(15)4/h9-10H,5-8H2,1-4H3,(H,16,17). The zero-order chi connectivity index (χ0) is 12.8. The molecule has 0 saturated carbocycles. The molecule has 0 fully saturated rings. The molecule has 1 aromatic rings. The number of nitrogens with one attached hydrogen (secondary N) is 1. The predicted octanol–water partition coefficient (Wildman–Crippen LogP) is 4.13. The average molecular weight is 233 g/mol. The van der Waals surface area contributed by atoms with Crippen molar-refractivity contribution >= 4 is 11.6 Å². The van der Waals surface area contributed by atoms with Gasteiger partial charge in [-0.15, -0.1) is 0 Å². The van der Waals surface area contributed by atoms with E-state index in [0.29, 0.717) is 6.42 Å². The summed E-state index contributed by atoms with van der Waals surface area (Å²) in [5, 5.41) is 3.03. The Bertz CT molecular complexity index is 373. The fourth-order valence-corrected chi connectivity index (χ4v) is 2.11. The third kappa shape index (κ3) is 4.22. The number of aryl methyl sites for hydroxylation is 3. The smallest absolute Gasteiger partial charge is 0.224 e. The van der Waals surface area contributed by atoms with Crippen molar-refractivity contribution in [1.82, 2.24) is 0 Å². The Morgan fingerprint density at radius 2 is 1.71 bits per heavy atom. The van der Waals surface area contributed by atoms with Gasteiger partial charge in [0.2, 0.25) is 5.91 Å². The maximum atomic E-state index is 11.8. The second-order valence-electron chi connectivity index (χ2n) is 4.78. The molecule has 0 bridgehead atoms. The van der Waals surface area contributed by atoms with Crippen molar-refractivity contribution in [2.75, 3.05) is 5.32 Å². The van der Waals surface area contributed by atoms with Gasteiger partial charge in [-0.3, -0.25) is 4.79 Å². The van der Waals surface area contributed by atoms with Gasteiger partial charge in [-0.1, -0.05) is 37.5 Å². The number of carbonyl (C=O) groups is 1. The summed E-state index contributed by atoms with van der Waals surface area (Å²) >= 11 is 0. The molecular formula is C15H23NO. The van der Waals surface area contributed by atoms with Crippen molar-refractivity contribution in [2.45, 2.75) is 53.4 Å². The number of carbonyl (C=O) groups excluding carboxylic acids is 1. The average Bonchev–Trinajstić information content (AvgIpc) is 2.24. The Kier molecular flexibility index (Phi) is 5.20. The van der Waals surface area contributed by atoms with E-state index >= 15 is 0 Å². The maximum absolute atomic E-state index is 11.8. The first-order chi connectivity index (χ1) is 8.04. The monoisotopic (exact) mass is 233 g/mol. The minimum atomic E-state index is 0.133. The van der Waals surface area contributed by atoms with Crippen molar-refractivity contribution in [2.24, 2.45) is 0 Å². The highest BCUT2D eigenvalue weighted by atomic mass is 16.1. The van der Waals surface area contributed by atoms with Crippen LogP contribution >= 0.6 is 0 Å². The van der Waals surface area contributed by atoms with E-state index < -0.39 is 0 Å². The molecule has 0 aliphatic heterocycles. The third-order valence-electron chi connectivity index (χ3n) is 2.95. The fourth-order valence-electron chi connectivity index (χ4n) is 2.11. The number of hydrogen-bond donors (Lipinski definition) is 1. The maximum Gasteiger partial charge on any atom is 0.224 e. The Labute approximate surface area is 104 Å². The summed E-state index contributed by atoms with van der Waals surface area (Å²) in [7, 11) is 0. The van der Waals surface area contributed by atoms with Gasteiger partial charge in [0.15, 0.2) is 0 Å². The molecule has 1 amide bonds. The third-order valence-corrected chi connectivity index (χ3v) is 2.95. The molecule has 0 aromatic heterocycles. The zero-order valence-electron chi connectivity index (χ0n) is 11.4. The molecule has 2 heteroatoms. The van der Waals surface area contributed by atoms with E-state index in [1.54, 1.807) is 0 Å². The summed E-state index contributed by atoms with van der Waals surface area (Å²) in [6.07, 6.45) is 3.88. The normalized spacial score (nSPS) is 10.4. The summed E-state index contributed by atoms with van der Waals surface area (Å²) in [6, 6.07) is 4.21. The van der Waals surface area contributed by atoms with Crippen molar-refractivity contribution in [3.63, 3.8) is 0 Å². The lowest BCUT2D eigenvalue weighted by molar-refractivity contribution is -0.116. The van der Waals surface area contributed by atoms with Crippen LogP contribution < -0.4 is 5.32 Å². The lowest BCUT2D eigenvalue weighted by Gasteiger charge is -2.12. The zero-order valence-corrected chi connectivity index (χ0v) is 11.4. The van der Waals surface area contributed by atoms with Crippen molar-refractivity contribution in [1.29, 1.82) is 0 Å². The highest BCUT2D eigenvalue weighted by Gasteiger charge is 2.07. The number of rotatable bonds is 5. The minimum absolute atomic E-state index is 0.133. The van der Waals surface area contributed by atoms with Crippen molar-refractivity contribution in [3.05, 3.63) is 28.8 Å². The molecule has 0 radical (unpaired) electrons. The first-order valence-corrected chi connectivity index (χ1v) is 6.42. The lowest BCUT2D eigenvalue weighted by atomic mass is 10.0. The van der Waals surface area contributed by atoms with Gasteiger partial charge in [-0.25, -0.2) is 0 Å². The first-order valence-electron chi connectivity index (χ1n) is 6.42. The van der Waals surface area contributed by atoms with E-state index in [1.165, 1.54) is 5.56 Å². The van der Waals surface area contributed by atoms with E-state index in [9.17, 15) is 4.79 Å². The molecule has 1 rings (SSSR count). The molecular weight excluding hydrogens is 210 g/mol. The molecule has 0 atom stereocenters. The summed E-state index contributed by atoms with van der Waals surface area (Å²) < 4.78 is 0. The summed E-state index contributed by atoms with van der Waals surface area (Å²) in [5.41, 5.74) is 4.51. The molecule has 0 saturated heterocycles. The molecule has 0 unspecified atom stereocenters. The minimum Gasteiger partial charge on any atom is -0.326 e. The van der Waals surface area contributed by atoms with Crippen molar-refractivity contribution in [3.8, 4) is 0 Å². The SMILES string of the molecule is CCCCCC(=O)Nc1c(C)cc(C)cc1C. The quantitative estimate of drug-likeness (QED) is 0.761. The van der Waals surface area contributed by atoms with Crippen LogP contribution in [0.15, 0.2) is 12.1 Å². The number of benzene rings is 1. The molecule has 2 nitrogen and oxygen atoms in total. The van der Waals surface area contributed by atoms with Gasteiger partial charge in [0.1, 0.15) is 0 Å². The van der Waals surface area contributed by atoms with Crippen molar-refractivity contribution < 1.29 is 4.79 Å². The van der Waals surface area contributed by atoms with Gasteiger partial charge in [0, 0.05) is 12.1 Å². The second-order valence-corrected chi connectivity index (χ2v) is 4.78. The van der Waals surface area contributed by atoms with E-state index in [2.05, 4.69) is 31.3 Å². The Morgan fingerprint density at radius 3 is 2.24 bits per heavy atom. The van der Waals surface area contributed by atoms with Crippen LogP contribution in [0.3, 0.4) is 0 Å². The second kappa shape index (κ2) is 6.43. The van der Waals surface area contributed by atoms with Crippen LogP contribution in [-0.2, 0) is 4.79 Å². The number of anilines is 1. The van der Waals surface area contributed by atoms with Crippen LogP contribution in [0.25, 0.3) is 0 Å². The molecule has 17 heavy (non-hydrogen) atoms. The highest BCUT2D eigenvalue weighted by molar-refractivity contribution is 5.92. The van der Waals surface area contributed by atoms with Crippen LogP contribution in [-0.4, -0.2) is 5.91 Å². The van der Waals surface area contributed by atoms with E-state index in [-0.39, 0.29) is 5.91 Å². The van der Waals surface area contributed by atoms with Crippen LogP contribution in [0, 0.1) is 20.8 Å². The van der Waals surface area contributed by atoms with E-state index in [4.69, 9.17) is 0 Å². The van der Waals surface area contributed by atoms with Gasteiger partial charge >= 0.3 is 0 Å². The fraction of sp³-hybridized carbons (Fsp3) is 0.533. The first kappa shape index (κ1) is 13.8. The van der Waals surface area contributed by atoms with Gasteiger partial charge < -0.3 is 5.32 Å². The number of unbranched alkanes of at least 4 members (excludes halogenated alkanes) is 2. The van der Waals surface area contributed by atoms with Gasteiger partial charge in [0.25, 0.3) is 0 Å². The van der Waals surface area contributed by atoms with Gasteiger partial charge in [0.05, 0.1) is 0 Å². The number of amides is 1.